The fraction of sp³-hybridized carbons (Fsp3) is 0.619. The van der Waals surface area contributed by atoms with Crippen molar-refractivity contribution >= 4 is 40.0 Å². The van der Waals surface area contributed by atoms with Gasteiger partial charge in [-0.25, -0.2) is 0 Å². The minimum absolute atomic E-state index is 0.0954. The number of Topliss-reactive ketones (excluding diaryl/α,β-unsaturated/α-hetero) is 1. The molecule has 0 spiro atoms. The molecule has 1 fully saturated rings. The molecule has 10 heteroatoms. The van der Waals surface area contributed by atoms with E-state index < -0.39 is 5.97 Å². The van der Waals surface area contributed by atoms with E-state index in [0.29, 0.717) is 29.1 Å². The van der Waals surface area contributed by atoms with Crippen LogP contribution < -0.4 is 5.32 Å². The molecule has 0 radical (unpaired) electrons. The number of carbonyl (C=O) groups excluding carboxylic acids is 2. The summed E-state index contributed by atoms with van der Waals surface area (Å²) in [5.41, 5.74) is 2.42. The van der Waals surface area contributed by atoms with E-state index >= 15 is 0 Å². The molecule has 2 aromatic rings. The molecule has 1 saturated carbocycles. The lowest BCUT2D eigenvalue weighted by Gasteiger charge is -2.21. The van der Waals surface area contributed by atoms with E-state index in [1.165, 1.54) is 42.4 Å². The largest absolute Gasteiger partial charge is 0.457 e. The first-order valence-corrected chi connectivity index (χ1v) is 12.4. The van der Waals surface area contributed by atoms with Crippen molar-refractivity contribution in [3.05, 3.63) is 23.0 Å². The Morgan fingerprint density at radius 1 is 1.26 bits per heavy atom. The Morgan fingerprint density at radius 3 is 2.77 bits per heavy atom. The highest BCUT2D eigenvalue weighted by molar-refractivity contribution is 8.01. The Labute approximate surface area is 191 Å². The highest BCUT2D eigenvalue weighted by Crippen LogP contribution is 2.28. The summed E-state index contributed by atoms with van der Waals surface area (Å²) >= 11 is 2.72. The molecule has 3 rings (SSSR count). The van der Waals surface area contributed by atoms with Gasteiger partial charge in [-0.15, -0.1) is 10.2 Å². The van der Waals surface area contributed by atoms with Crippen LogP contribution in [0.3, 0.4) is 0 Å². The zero-order valence-corrected chi connectivity index (χ0v) is 19.9. The van der Waals surface area contributed by atoms with Crippen molar-refractivity contribution in [3.63, 3.8) is 0 Å². The summed E-state index contributed by atoms with van der Waals surface area (Å²) in [4.78, 5) is 24.6. The van der Waals surface area contributed by atoms with Gasteiger partial charge in [-0.2, -0.15) is 0 Å². The highest BCUT2D eigenvalue weighted by Gasteiger charge is 2.18. The number of carbonyl (C=O) groups is 2. The zero-order chi connectivity index (χ0) is 22.2. The number of ketones is 1. The number of ether oxygens (including phenoxy) is 2. The van der Waals surface area contributed by atoms with Crippen LogP contribution in [0.4, 0.5) is 5.13 Å². The molecule has 8 nitrogen and oxygen atoms in total. The molecule has 31 heavy (non-hydrogen) atoms. The number of anilines is 1. The van der Waals surface area contributed by atoms with Gasteiger partial charge in [-0.05, 0) is 32.8 Å². The topological polar surface area (TPSA) is 95.3 Å². The molecule has 0 atom stereocenters. The molecular formula is C21H30N4O4S2. The Bertz CT molecular complexity index is 890. The van der Waals surface area contributed by atoms with E-state index in [0.717, 1.165) is 29.4 Å². The van der Waals surface area contributed by atoms with Crippen LogP contribution in [0.25, 0.3) is 0 Å². The number of aromatic nitrogens is 3. The van der Waals surface area contributed by atoms with Gasteiger partial charge in [-0.1, -0.05) is 42.4 Å². The third-order valence-corrected chi connectivity index (χ3v) is 7.37. The van der Waals surface area contributed by atoms with Crippen molar-refractivity contribution < 1.29 is 19.1 Å². The van der Waals surface area contributed by atoms with Crippen molar-refractivity contribution in [3.8, 4) is 0 Å². The zero-order valence-electron chi connectivity index (χ0n) is 18.3. The molecule has 0 aliphatic heterocycles. The van der Waals surface area contributed by atoms with Gasteiger partial charge >= 0.3 is 5.97 Å². The third kappa shape index (κ3) is 6.78. The average molecular weight is 467 g/mol. The number of hydrogen-bond acceptors (Lipinski definition) is 9. The molecule has 170 valence electrons. The lowest BCUT2D eigenvalue weighted by molar-refractivity contribution is -0.139. The van der Waals surface area contributed by atoms with Crippen molar-refractivity contribution in [1.29, 1.82) is 0 Å². The minimum Gasteiger partial charge on any atom is -0.457 e. The van der Waals surface area contributed by atoms with Crippen LogP contribution in [-0.2, 0) is 20.8 Å². The van der Waals surface area contributed by atoms with Crippen LogP contribution in [0.2, 0.25) is 0 Å². The van der Waals surface area contributed by atoms with Crippen LogP contribution in [-0.4, -0.2) is 58.6 Å². The molecule has 0 unspecified atom stereocenters. The van der Waals surface area contributed by atoms with Gasteiger partial charge in [0.05, 0.1) is 12.4 Å². The Kier molecular flexibility index (Phi) is 8.91. The van der Waals surface area contributed by atoms with E-state index in [1.54, 1.807) is 7.11 Å². The first kappa shape index (κ1) is 23.7. The minimum atomic E-state index is -0.441. The summed E-state index contributed by atoms with van der Waals surface area (Å²) in [5.74, 6) is -0.549. The lowest BCUT2D eigenvalue weighted by Crippen LogP contribution is -2.21. The molecule has 0 bridgehead atoms. The second-order valence-electron chi connectivity index (χ2n) is 7.65. The van der Waals surface area contributed by atoms with Gasteiger partial charge in [0.1, 0.15) is 0 Å². The van der Waals surface area contributed by atoms with E-state index in [2.05, 4.69) is 15.5 Å². The number of hydrogen-bond donors (Lipinski definition) is 1. The summed E-state index contributed by atoms with van der Waals surface area (Å²) in [7, 11) is 1.65. The van der Waals surface area contributed by atoms with Gasteiger partial charge in [0.25, 0.3) is 0 Å². The van der Waals surface area contributed by atoms with E-state index in [1.807, 2.05) is 24.5 Å². The van der Waals surface area contributed by atoms with Gasteiger partial charge in [-0.3, -0.25) is 9.59 Å². The summed E-state index contributed by atoms with van der Waals surface area (Å²) in [5, 5.41) is 12.5. The molecule has 1 aliphatic carbocycles. The number of esters is 1. The van der Waals surface area contributed by atoms with Crippen LogP contribution in [0, 0.1) is 13.8 Å². The maximum Gasteiger partial charge on any atom is 0.316 e. The summed E-state index contributed by atoms with van der Waals surface area (Å²) in [6, 6.07) is 2.30. The first-order chi connectivity index (χ1) is 15.0. The Morgan fingerprint density at radius 2 is 2.03 bits per heavy atom. The summed E-state index contributed by atoms with van der Waals surface area (Å²) in [6.07, 6.45) is 6.13. The molecule has 0 aromatic carbocycles. The Balaban J connectivity index is 1.43. The van der Waals surface area contributed by atoms with Crippen LogP contribution in [0.5, 0.6) is 0 Å². The number of thioether (sulfide) groups is 1. The third-order valence-electron chi connectivity index (χ3n) is 5.41. The second-order valence-corrected chi connectivity index (χ2v) is 9.85. The summed E-state index contributed by atoms with van der Waals surface area (Å²) in [6.45, 7) is 4.82. The molecule has 2 heterocycles. The molecular weight excluding hydrogens is 436 g/mol. The maximum absolute atomic E-state index is 12.5. The predicted octanol–water partition coefficient (Wildman–Crippen LogP) is 3.87. The smallest absolute Gasteiger partial charge is 0.316 e. The van der Waals surface area contributed by atoms with E-state index in [-0.39, 0.29) is 18.1 Å². The van der Waals surface area contributed by atoms with Gasteiger partial charge < -0.3 is 19.4 Å². The number of methoxy groups -OCH3 is 1. The fourth-order valence-electron chi connectivity index (χ4n) is 3.74. The number of nitrogens with zero attached hydrogens (tertiary/aromatic N) is 3. The van der Waals surface area contributed by atoms with Crippen molar-refractivity contribution in [2.75, 3.05) is 31.4 Å². The van der Waals surface area contributed by atoms with E-state index in [4.69, 9.17) is 9.47 Å². The first-order valence-electron chi connectivity index (χ1n) is 10.5. The van der Waals surface area contributed by atoms with Crippen molar-refractivity contribution in [2.24, 2.45) is 0 Å². The molecule has 1 aliphatic rings. The number of rotatable bonds is 11. The molecule has 1 N–H and O–H groups in total. The van der Waals surface area contributed by atoms with Gasteiger partial charge in [0, 0.05) is 36.6 Å². The summed E-state index contributed by atoms with van der Waals surface area (Å²) < 4.78 is 13.1. The second kappa shape index (κ2) is 11.6. The quantitative estimate of drug-likeness (QED) is 0.303. The van der Waals surface area contributed by atoms with Crippen molar-refractivity contribution in [2.45, 2.75) is 62.9 Å². The van der Waals surface area contributed by atoms with Crippen LogP contribution in [0.1, 0.15) is 53.8 Å². The Hall–Kier alpha value is -1.91. The fourth-order valence-corrected chi connectivity index (χ4v) is 5.37. The highest BCUT2D eigenvalue weighted by atomic mass is 32.2. The van der Waals surface area contributed by atoms with Crippen LogP contribution >= 0.6 is 23.1 Å². The normalized spacial score (nSPS) is 14.5. The number of nitrogens with one attached hydrogen (secondary N) is 1. The van der Waals surface area contributed by atoms with Crippen molar-refractivity contribution in [1.82, 2.24) is 14.8 Å². The SMILES string of the molecule is COCCn1c(C)cc(C(=O)COC(=O)CSc2nnc(NC3CCCCC3)s2)c1C. The van der Waals surface area contributed by atoms with Gasteiger partial charge in [0.15, 0.2) is 10.9 Å². The molecule has 0 saturated heterocycles. The number of aryl methyl sites for hydroxylation is 1. The predicted molar refractivity (Wildman–Crippen MR) is 122 cm³/mol. The maximum atomic E-state index is 12.5. The lowest BCUT2D eigenvalue weighted by atomic mass is 9.96. The standard InChI is InChI=1S/C21H30N4O4S2/c1-14-11-17(15(2)25(14)9-10-28-3)18(26)12-29-19(27)13-30-21-24-23-20(31-21)22-16-7-5-4-6-8-16/h11,16H,4-10,12-13H2,1-3H3,(H,22,23). The van der Waals surface area contributed by atoms with E-state index in [9.17, 15) is 9.59 Å². The molecule has 0 amide bonds. The van der Waals surface area contributed by atoms with Crippen LogP contribution in [0.15, 0.2) is 10.4 Å². The average Bonchev–Trinajstić information content (AvgIpc) is 3.33. The van der Waals surface area contributed by atoms with Gasteiger partial charge in [0.2, 0.25) is 10.9 Å². The monoisotopic (exact) mass is 466 g/mol. The molecule has 2 aromatic heterocycles.